The van der Waals surface area contributed by atoms with Crippen LogP contribution in [0.2, 0.25) is 0 Å². The summed E-state index contributed by atoms with van der Waals surface area (Å²) in [6.45, 7) is 2.87. The Morgan fingerprint density at radius 2 is 1.88 bits per heavy atom. The largest absolute Gasteiger partial charge is 0.496 e. The summed E-state index contributed by atoms with van der Waals surface area (Å²) in [5.41, 5.74) is 0.502. The van der Waals surface area contributed by atoms with Crippen LogP contribution in [0.15, 0.2) is 12.1 Å². The first-order valence-corrected chi connectivity index (χ1v) is 8.09. The molecule has 0 aliphatic heterocycles. The lowest BCUT2D eigenvalue weighted by Crippen LogP contribution is -2.19. The highest BCUT2D eigenvalue weighted by Crippen LogP contribution is 2.44. The number of benzene rings is 1. The number of aromatic nitrogens is 1. The normalized spacial score (nSPS) is 12.0. The van der Waals surface area contributed by atoms with Crippen LogP contribution in [0, 0.1) is 6.92 Å². The van der Waals surface area contributed by atoms with Gasteiger partial charge in [0, 0.05) is 29.7 Å². The van der Waals surface area contributed by atoms with Crippen LogP contribution in [0.4, 0.5) is 13.2 Å². The monoisotopic (exact) mass is 372 g/mol. The van der Waals surface area contributed by atoms with Crippen LogP contribution in [-0.4, -0.2) is 50.3 Å². The maximum Gasteiger partial charge on any atom is 0.420 e. The number of halogens is 3. The molecule has 0 saturated heterocycles. The van der Waals surface area contributed by atoms with Crippen molar-refractivity contribution in [2.24, 2.45) is 0 Å². The van der Waals surface area contributed by atoms with Crippen molar-refractivity contribution in [1.82, 2.24) is 9.47 Å². The number of hydrogen-bond acceptors (Lipinski definition) is 4. The number of ether oxygens (including phenoxy) is 2. The molecule has 1 aromatic heterocycles. The molecular weight excluding hydrogens is 349 g/mol. The smallest absolute Gasteiger partial charge is 0.420 e. The molecule has 1 heterocycles. The van der Waals surface area contributed by atoms with E-state index in [4.69, 9.17) is 4.74 Å². The number of rotatable bonds is 6. The molecule has 0 unspecified atom stereocenters. The molecule has 26 heavy (non-hydrogen) atoms. The number of nitrogens with zero attached hydrogens (tertiary/aromatic N) is 2. The molecule has 2 rings (SSSR count). The van der Waals surface area contributed by atoms with Gasteiger partial charge in [0.2, 0.25) is 0 Å². The highest BCUT2D eigenvalue weighted by atomic mass is 19.4. The Morgan fingerprint density at radius 1 is 1.23 bits per heavy atom. The lowest BCUT2D eigenvalue weighted by Gasteiger charge is -2.15. The predicted octanol–water partition coefficient (Wildman–Crippen LogP) is 3.25. The van der Waals surface area contributed by atoms with Crippen LogP contribution in [0.1, 0.15) is 16.8 Å². The minimum absolute atomic E-state index is 0.00138. The fraction of sp³-hybridized carbons (Fsp3) is 0.500. The van der Waals surface area contributed by atoms with Crippen molar-refractivity contribution in [3.63, 3.8) is 0 Å². The van der Waals surface area contributed by atoms with Crippen molar-refractivity contribution in [2.75, 3.05) is 34.9 Å². The van der Waals surface area contributed by atoms with E-state index >= 15 is 0 Å². The van der Waals surface area contributed by atoms with Crippen molar-refractivity contribution < 1.29 is 27.4 Å². The highest BCUT2D eigenvalue weighted by Gasteiger charge is 2.38. The highest BCUT2D eigenvalue weighted by molar-refractivity contribution is 5.94. The third-order valence-corrected chi connectivity index (χ3v) is 4.40. The summed E-state index contributed by atoms with van der Waals surface area (Å²) < 4.78 is 52.9. The third kappa shape index (κ3) is 3.80. The number of hydrogen-bond donors (Lipinski definition) is 0. The van der Waals surface area contributed by atoms with Gasteiger partial charge in [-0.1, -0.05) is 0 Å². The number of esters is 1. The maximum absolute atomic E-state index is 13.8. The van der Waals surface area contributed by atoms with Crippen LogP contribution in [0.5, 0.6) is 5.75 Å². The second kappa shape index (κ2) is 7.57. The summed E-state index contributed by atoms with van der Waals surface area (Å²) in [6, 6.07) is 2.92. The lowest BCUT2D eigenvalue weighted by atomic mass is 10.0. The molecule has 0 radical (unpaired) electrons. The molecule has 5 nitrogen and oxygen atoms in total. The van der Waals surface area contributed by atoms with E-state index in [1.54, 1.807) is 13.0 Å². The van der Waals surface area contributed by atoms with Gasteiger partial charge in [-0.15, -0.1) is 0 Å². The average molecular weight is 372 g/mol. The summed E-state index contributed by atoms with van der Waals surface area (Å²) in [6.07, 6.45) is -4.85. The quantitative estimate of drug-likeness (QED) is 0.730. The first-order chi connectivity index (χ1) is 12.1. The fourth-order valence-electron chi connectivity index (χ4n) is 3.10. The van der Waals surface area contributed by atoms with Crippen molar-refractivity contribution in [3.05, 3.63) is 29.0 Å². The molecule has 8 heteroatoms. The number of fused-ring (bicyclic) bond motifs is 1. The summed E-state index contributed by atoms with van der Waals surface area (Å²) in [5, 5.41) is -0.00138. The molecule has 1 aromatic carbocycles. The molecule has 0 fully saturated rings. The molecule has 144 valence electrons. The van der Waals surface area contributed by atoms with E-state index in [-0.39, 0.29) is 17.6 Å². The fourth-order valence-corrected chi connectivity index (χ4v) is 3.10. The van der Waals surface area contributed by atoms with E-state index < -0.39 is 17.7 Å². The SMILES string of the molecule is COC(=O)Cc1c(C)n(CCN(C)C)c2ccc(OC)c(C(F)(F)F)c12. The summed E-state index contributed by atoms with van der Waals surface area (Å²) >= 11 is 0. The van der Waals surface area contributed by atoms with Crippen LogP contribution in [0.25, 0.3) is 10.9 Å². The van der Waals surface area contributed by atoms with Gasteiger partial charge in [0.1, 0.15) is 11.3 Å². The van der Waals surface area contributed by atoms with E-state index in [2.05, 4.69) is 4.74 Å². The van der Waals surface area contributed by atoms with Crippen LogP contribution >= 0.6 is 0 Å². The van der Waals surface area contributed by atoms with Gasteiger partial charge < -0.3 is 18.9 Å². The van der Waals surface area contributed by atoms with Gasteiger partial charge in [0.15, 0.2) is 0 Å². The van der Waals surface area contributed by atoms with Crippen molar-refractivity contribution in [2.45, 2.75) is 26.1 Å². The molecule has 0 saturated carbocycles. The Morgan fingerprint density at radius 3 is 2.38 bits per heavy atom. The van der Waals surface area contributed by atoms with Gasteiger partial charge in [-0.2, -0.15) is 13.2 Å². The predicted molar refractivity (Wildman–Crippen MR) is 92.5 cm³/mol. The Kier molecular flexibility index (Phi) is 5.85. The van der Waals surface area contributed by atoms with Gasteiger partial charge >= 0.3 is 12.1 Å². The Balaban J connectivity index is 2.83. The first-order valence-electron chi connectivity index (χ1n) is 8.09. The zero-order valence-electron chi connectivity index (χ0n) is 15.5. The van der Waals surface area contributed by atoms with E-state index in [0.29, 0.717) is 29.9 Å². The van der Waals surface area contributed by atoms with Crippen LogP contribution in [-0.2, 0) is 28.7 Å². The molecule has 0 atom stereocenters. The second-order valence-corrected chi connectivity index (χ2v) is 6.31. The molecule has 0 bridgehead atoms. The number of carbonyl (C=O) groups is 1. The van der Waals surface area contributed by atoms with E-state index in [1.165, 1.54) is 20.3 Å². The lowest BCUT2D eigenvalue weighted by molar-refractivity contribution is -0.140. The zero-order valence-corrected chi connectivity index (χ0v) is 15.5. The molecule has 0 amide bonds. The van der Waals surface area contributed by atoms with Crippen LogP contribution < -0.4 is 4.74 Å². The van der Waals surface area contributed by atoms with Crippen LogP contribution in [0.3, 0.4) is 0 Å². The van der Waals surface area contributed by atoms with Gasteiger partial charge in [-0.25, -0.2) is 0 Å². The first kappa shape index (κ1) is 20.1. The average Bonchev–Trinajstić information content (AvgIpc) is 2.82. The third-order valence-electron chi connectivity index (χ3n) is 4.40. The van der Waals surface area contributed by atoms with Crippen molar-refractivity contribution in [1.29, 1.82) is 0 Å². The number of alkyl halides is 3. The maximum atomic E-state index is 13.8. The molecule has 2 aromatic rings. The Hall–Kier alpha value is -2.22. The Labute approximate surface area is 150 Å². The molecular formula is C18H23F3N2O3. The summed E-state index contributed by atoms with van der Waals surface area (Å²) in [4.78, 5) is 13.8. The van der Waals surface area contributed by atoms with Gasteiger partial charge in [-0.05, 0) is 38.7 Å². The van der Waals surface area contributed by atoms with Gasteiger partial charge in [0.25, 0.3) is 0 Å². The Bertz CT molecular complexity index is 810. The molecule has 0 aliphatic rings. The van der Waals surface area contributed by atoms with Crippen molar-refractivity contribution >= 4 is 16.9 Å². The second-order valence-electron chi connectivity index (χ2n) is 6.31. The molecule has 0 aliphatic carbocycles. The van der Waals surface area contributed by atoms with Gasteiger partial charge in [0.05, 0.1) is 20.6 Å². The number of methoxy groups -OCH3 is 2. The summed E-state index contributed by atoms with van der Waals surface area (Å²) in [5.74, 6) is -0.850. The van der Waals surface area contributed by atoms with E-state index in [1.807, 2.05) is 23.6 Å². The summed E-state index contributed by atoms with van der Waals surface area (Å²) in [7, 11) is 6.20. The topological polar surface area (TPSA) is 43.7 Å². The number of likely N-dealkylation sites (N-methyl/N-ethyl adjacent to an activating group) is 1. The number of carbonyl (C=O) groups excluding carboxylic acids is 1. The van der Waals surface area contributed by atoms with Crippen molar-refractivity contribution in [3.8, 4) is 5.75 Å². The molecule has 0 N–H and O–H groups in total. The van der Waals surface area contributed by atoms with Gasteiger partial charge in [-0.3, -0.25) is 4.79 Å². The van der Waals surface area contributed by atoms with E-state index in [9.17, 15) is 18.0 Å². The molecule has 0 spiro atoms. The van der Waals surface area contributed by atoms with E-state index in [0.717, 1.165) is 0 Å². The minimum atomic E-state index is -4.62. The minimum Gasteiger partial charge on any atom is -0.496 e. The standard InChI is InChI=1S/C18H23F3N2O3/c1-11-12(10-15(24)26-5)16-13(23(11)9-8-22(2)3)6-7-14(25-4)17(16)18(19,20)21/h6-7H,8-10H2,1-5H3. The zero-order chi connectivity index (χ0) is 19.6.